The van der Waals surface area contributed by atoms with Crippen molar-refractivity contribution in [2.24, 2.45) is 0 Å². The van der Waals surface area contributed by atoms with Gasteiger partial charge in [0.15, 0.2) is 0 Å². The first-order chi connectivity index (χ1) is 13.1. The molecule has 142 valence electrons. The Kier molecular flexibility index (Phi) is 7.77. The maximum absolute atomic E-state index is 12.6. The lowest BCUT2D eigenvalue weighted by Gasteiger charge is -2.21. The zero-order chi connectivity index (χ0) is 19.6. The molecule has 0 radical (unpaired) electrons. The van der Waals surface area contributed by atoms with E-state index in [9.17, 15) is 9.59 Å². The maximum atomic E-state index is 12.6. The van der Waals surface area contributed by atoms with Crippen LogP contribution in [0, 0.1) is 11.3 Å². The van der Waals surface area contributed by atoms with Crippen molar-refractivity contribution in [3.05, 3.63) is 45.9 Å². The topological polar surface area (TPSA) is 98.1 Å². The SMILES string of the molecule is CCCNC(=O)c1csc(CN(CCC)C(=O)Nc2cccc(C#N)c2)n1. The summed E-state index contributed by atoms with van der Waals surface area (Å²) in [6, 6.07) is 8.56. The molecule has 0 aliphatic carbocycles. The van der Waals surface area contributed by atoms with Gasteiger partial charge in [0.1, 0.15) is 10.7 Å². The molecule has 2 aromatic rings. The van der Waals surface area contributed by atoms with Gasteiger partial charge in [-0.25, -0.2) is 9.78 Å². The number of anilines is 1. The lowest BCUT2D eigenvalue weighted by molar-refractivity contribution is 0.0949. The van der Waals surface area contributed by atoms with Crippen LogP contribution in [-0.4, -0.2) is 34.9 Å². The molecule has 0 unspecified atom stereocenters. The van der Waals surface area contributed by atoms with Crippen LogP contribution in [0.15, 0.2) is 29.6 Å². The minimum absolute atomic E-state index is 0.195. The van der Waals surface area contributed by atoms with E-state index < -0.39 is 0 Å². The monoisotopic (exact) mass is 385 g/mol. The lowest BCUT2D eigenvalue weighted by atomic mass is 10.2. The van der Waals surface area contributed by atoms with Gasteiger partial charge in [-0.3, -0.25) is 4.79 Å². The largest absolute Gasteiger partial charge is 0.351 e. The fourth-order valence-electron chi connectivity index (χ4n) is 2.37. The third-order valence-corrected chi connectivity index (χ3v) is 4.50. The number of nitrogens with zero attached hydrogens (tertiary/aromatic N) is 3. The second-order valence-electron chi connectivity index (χ2n) is 5.93. The maximum Gasteiger partial charge on any atom is 0.322 e. The highest BCUT2D eigenvalue weighted by Gasteiger charge is 2.17. The summed E-state index contributed by atoms with van der Waals surface area (Å²) < 4.78 is 0. The summed E-state index contributed by atoms with van der Waals surface area (Å²) in [5.74, 6) is -0.195. The van der Waals surface area contributed by atoms with E-state index in [0.717, 1.165) is 12.8 Å². The Bertz CT molecular complexity index is 828. The standard InChI is InChI=1S/C19H23N5O2S/c1-3-8-21-18(25)16-13-27-17(23-16)12-24(9-4-2)19(26)22-15-7-5-6-14(10-15)11-20/h5-7,10,13H,3-4,8-9,12H2,1-2H3,(H,21,25)(H,22,26). The summed E-state index contributed by atoms with van der Waals surface area (Å²) in [7, 11) is 0. The molecule has 0 atom stereocenters. The molecule has 7 nitrogen and oxygen atoms in total. The van der Waals surface area contributed by atoms with Gasteiger partial charge in [0.05, 0.1) is 18.2 Å². The van der Waals surface area contributed by atoms with Crippen LogP contribution in [0.25, 0.3) is 0 Å². The van der Waals surface area contributed by atoms with Crippen molar-refractivity contribution in [3.8, 4) is 6.07 Å². The van der Waals surface area contributed by atoms with Crippen molar-refractivity contribution in [2.45, 2.75) is 33.2 Å². The molecular weight excluding hydrogens is 362 g/mol. The number of aromatic nitrogens is 1. The zero-order valence-corrected chi connectivity index (χ0v) is 16.3. The number of hydrogen-bond acceptors (Lipinski definition) is 5. The van der Waals surface area contributed by atoms with Gasteiger partial charge in [-0.2, -0.15) is 5.26 Å². The summed E-state index contributed by atoms with van der Waals surface area (Å²) in [5.41, 5.74) is 1.43. The third-order valence-electron chi connectivity index (χ3n) is 3.67. The van der Waals surface area contributed by atoms with Crippen LogP contribution in [0.1, 0.15) is 47.7 Å². The van der Waals surface area contributed by atoms with E-state index >= 15 is 0 Å². The van der Waals surface area contributed by atoms with Crippen molar-refractivity contribution in [2.75, 3.05) is 18.4 Å². The molecule has 1 aromatic carbocycles. The van der Waals surface area contributed by atoms with Gasteiger partial charge in [-0.15, -0.1) is 11.3 Å². The van der Waals surface area contributed by atoms with Crippen LogP contribution < -0.4 is 10.6 Å². The van der Waals surface area contributed by atoms with Gasteiger partial charge >= 0.3 is 6.03 Å². The fourth-order valence-corrected chi connectivity index (χ4v) is 3.16. The van der Waals surface area contributed by atoms with Crippen LogP contribution in [0.3, 0.4) is 0 Å². The van der Waals surface area contributed by atoms with Crippen LogP contribution in [-0.2, 0) is 6.54 Å². The molecule has 2 rings (SSSR count). The minimum atomic E-state index is -0.265. The minimum Gasteiger partial charge on any atom is -0.351 e. The van der Waals surface area contributed by atoms with Crippen molar-refractivity contribution in [3.63, 3.8) is 0 Å². The lowest BCUT2D eigenvalue weighted by Crippen LogP contribution is -2.35. The second-order valence-corrected chi connectivity index (χ2v) is 6.87. The van der Waals surface area contributed by atoms with E-state index in [1.54, 1.807) is 34.5 Å². The molecule has 0 aliphatic heterocycles. The molecule has 0 saturated heterocycles. The van der Waals surface area contributed by atoms with E-state index in [0.29, 0.717) is 41.6 Å². The molecule has 2 N–H and O–H groups in total. The molecule has 0 bridgehead atoms. The highest BCUT2D eigenvalue weighted by Crippen LogP contribution is 2.15. The Morgan fingerprint density at radius 2 is 2.11 bits per heavy atom. The van der Waals surface area contributed by atoms with Crippen molar-refractivity contribution in [1.82, 2.24) is 15.2 Å². The molecular formula is C19H23N5O2S. The van der Waals surface area contributed by atoms with Gasteiger partial charge in [-0.05, 0) is 31.0 Å². The summed E-state index contributed by atoms with van der Waals surface area (Å²) in [4.78, 5) is 30.6. The van der Waals surface area contributed by atoms with Gasteiger partial charge in [0.2, 0.25) is 0 Å². The molecule has 3 amide bonds. The molecule has 0 fully saturated rings. The second kappa shape index (κ2) is 10.3. The molecule has 27 heavy (non-hydrogen) atoms. The van der Waals surface area contributed by atoms with Crippen molar-refractivity contribution < 1.29 is 9.59 Å². The number of carbonyl (C=O) groups excluding carboxylic acids is 2. The first-order valence-corrected chi connectivity index (χ1v) is 9.74. The average molecular weight is 385 g/mol. The van der Waals surface area contributed by atoms with Crippen LogP contribution in [0.5, 0.6) is 0 Å². The zero-order valence-electron chi connectivity index (χ0n) is 15.5. The molecule has 0 saturated carbocycles. The number of nitrogens with one attached hydrogen (secondary N) is 2. The summed E-state index contributed by atoms with van der Waals surface area (Å²) in [6.45, 7) is 5.46. The molecule has 0 spiro atoms. The number of amides is 3. The van der Waals surface area contributed by atoms with E-state index in [-0.39, 0.29) is 11.9 Å². The Labute approximate surface area is 163 Å². The molecule has 0 aliphatic rings. The molecule has 1 aromatic heterocycles. The van der Waals surface area contributed by atoms with Crippen molar-refractivity contribution >= 4 is 29.0 Å². The Morgan fingerprint density at radius 1 is 1.30 bits per heavy atom. The first-order valence-electron chi connectivity index (χ1n) is 8.86. The summed E-state index contributed by atoms with van der Waals surface area (Å²) in [5, 5.41) is 17.0. The Morgan fingerprint density at radius 3 is 2.81 bits per heavy atom. The number of thiazole rings is 1. The predicted octanol–water partition coefficient (Wildman–Crippen LogP) is 3.60. The van der Waals surface area contributed by atoms with E-state index in [1.165, 1.54) is 11.3 Å². The average Bonchev–Trinajstić information content (AvgIpc) is 3.14. The van der Waals surface area contributed by atoms with Crippen LogP contribution in [0.4, 0.5) is 10.5 Å². The van der Waals surface area contributed by atoms with Crippen LogP contribution in [0.2, 0.25) is 0 Å². The Hall–Kier alpha value is -2.92. The fraction of sp³-hybridized carbons (Fsp3) is 0.368. The van der Waals surface area contributed by atoms with Crippen LogP contribution >= 0.6 is 11.3 Å². The first kappa shape index (κ1) is 20.4. The number of carbonyl (C=O) groups is 2. The number of rotatable bonds is 8. The smallest absolute Gasteiger partial charge is 0.322 e. The van der Waals surface area contributed by atoms with Gasteiger partial charge in [0, 0.05) is 24.2 Å². The van der Waals surface area contributed by atoms with Gasteiger partial charge in [0.25, 0.3) is 5.91 Å². The molecule has 1 heterocycles. The highest BCUT2D eigenvalue weighted by atomic mass is 32.1. The highest BCUT2D eigenvalue weighted by molar-refractivity contribution is 7.09. The predicted molar refractivity (Wildman–Crippen MR) is 106 cm³/mol. The van der Waals surface area contributed by atoms with E-state index in [1.807, 2.05) is 13.8 Å². The number of urea groups is 1. The quantitative estimate of drug-likeness (QED) is 0.725. The van der Waals surface area contributed by atoms with E-state index in [4.69, 9.17) is 5.26 Å². The number of hydrogen-bond donors (Lipinski definition) is 2. The number of benzene rings is 1. The molecule has 8 heteroatoms. The number of nitriles is 1. The summed E-state index contributed by atoms with van der Waals surface area (Å²) >= 11 is 1.36. The Balaban J connectivity index is 2.04. The van der Waals surface area contributed by atoms with E-state index in [2.05, 4.69) is 21.7 Å². The third kappa shape index (κ3) is 6.08. The normalized spacial score (nSPS) is 10.1. The van der Waals surface area contributed by atoms with Crippen molar-refractivity contribution in [1.29, 1.82) is 5.26 Å². The van der Waals surface area contributed by atoms with Gasteiger partial charge in [-0.1, -0.05) is 19.9 Å². The summed E-state index contributed by atoms with van der Waals surface area (Å²) in [6.07, 6.45) is 1.65. The van der Waals surface area contributed by atoms with Gasteiger partial charge < -0.3 is 15.5 Å².